The fraction of sp³-hybridized carbons (Fsp3) is 0.333. The minimum absolute atomic E-state index is 0.632. The number of aromatic amines is 1. The Kier molecular flexibility index (Phi) is 3.93. The summed E-state index contributed by atoms with van der Waals surface area (Å²) in [5.74, 6) is -2.13. The van der Waals surface area contributed by atoms with Crippen molar-refractivity contribution in [3.63, 3.8) is 0 Å². The molecule has 0 aliphatic carbocycles. The lowest BCUT2D eigenvalue weighted by molar-refractivity contribution is -0.192. The van der Waals surface area contributed by atoms with E-state index in [9.17, 15) is 13.2 Å². The van der Waals surface area contributed by atoms with Gasteiger partial charge in [0.1, 0.15) is 0 Å². The summed E-state index contributed by atoms with van der Waals surface area (Å²) in [4.78, 5) is 8.90. The van der Waals surface area contributed by atoms with Gasteiger partial charge in [0.05, 0.1) is 5.52 Å². The number of alkyl halides is 3. The van der Waals surface area contributed by atoms with E-state index in [1.165, 1.54) is 11.1 Å². The Morgan fingerprint density at radius 2 is 1.90 bits per heavy atom. The number of nitrogens with one attached hydrogen (secondary N) is 2. The molecule has 0 atom stereocenters. The van der Waals surface area contributed by atoms with Crippen molar-refractivity contribution >= 4 is 16.9 Å². The number of aromatic nitrogens is 2. The maximum atomic E-state index is 10.6. The molecule has 0 amide bonds. The Balaban J connectivity index is 0.000000182. The summed E-state index contributed by atoms with van der Waals surface area (Å²) >= 11 is 0. The predicted octanol–water partition coefficient (Wildman–Crippen LogP) is 1.88. The zero-order valence-corrected chi connectivity index (χ0v) is 10.2. The first-order valence-corrected chi connectivity index (χ1v) is 5.83. The summed E-state index contributed by atoms with van der Waals surface area (Å²) in [6, 6.07) is 8.26. The monoisotopic (exact) mass is 287 g/mol. The van der Waals surface area contributed by atoms with E-state index in [-0.39, 0.29) is 0 Å². The quantitative estimate of drug-likeness (QED) is 0.748. The molecule has 1 aromatic heterocycles. The number of carboxylic acids is 1. The highest BCUT2D eigenvalue weighted by atomic mass is 19.4. The zero-order valence-electron chi connectivity index (χ0n) is 10.2. The molecule has 3 rings (SSSR count). The van der Waals surface area contributed by atoms with E-state index >= 15 is 0 Å². The standard InChI is InChI=1S/C10H11N3.C2HF3O2/c1-2-4-9-8(3-1)10(13-12-9)7-5-11-6-7;3-2(4,5)1(6)7/h1-4,7,11H,5-6H2,(H,12,13);(H,6,7). The maximum Gasteiger partial charge on any atom is 0.490 e. The maximum absolute atomic E-state index is 10.6. The molecule has 2 aromatic rings. The lowest BCUT2D eigenvalue weighted by Gasteiger charge is -2.25. The average Bonchev–Trinajstić information content (AvgIpc) is 2.71. The van der Waals surface area contributed by atoms with Crippen molar-refractivity contribution in [2.75, 3.05) is 13.1 Å². The van der Waals surface area contributed by atoms with Gasteiger partial charge in [0.25, 0.3) is 0 Å². The molecule has 3 N–H and O–H groups in total. The molecule has 8 heteroatoms. The van der Waals surface area contributed by atoms with Crippen molar-refractivity contribution in [3.8, 4) is 0 Å². The summed E-state index contributed by atoms with van der Waals surface area (Å²) in [6.07, 6.45) is -5.08. The van der Waals surface area contributed by atoms with E-state index in [1.54, 1.807) is 0 Å². The summed E-state index contributed by atoms with van der Waals surface area (Å²) in [7, 11) is 0. The molecule has 1 aliphatic heterocycles. The van der Waals surface area contributed by atoms with Crippen molar-refractivity contribution in [2.45, 2.75) is 12.1 Å². The number of halogens is 3. The molecule has 0 saturated carbocycles. The minimum Gasteiger partial charge on any atom is -0.475 e. The van der Waals surface area contributed by atoms with Gasteiger partial charge in [-0.25, -0.2) is 4.79 Å². The van der Waals surface area contributed by atoms with Crippen LogP contribution in [0.15, 0.2) is 24.3 Å². The molecule has 0 unspecified atom stereocenters. The minimum atomic E-state index is -5.08. The topological polar surface area (TPSA) is 78.0 Å². The molecule has 1 aromatic carbocycles. The lowest BCUT2D eigenvalue weighted by Crippen LogP contribution is -2.40. The fourth-order valence-corrected chi connectivity index (χ4v) is 1.78. The molecule has 108 valence electrons. The van der Waals surface area contributed by atoms with Crippen LogP contribution < -0.4 is 5.32 Å². The molecule has 0 bridgehead atoms. The van der Waals surface area contributed by atoms with Crippen LogP contribution in [0.5, 0.6) is 0 Å². The number of nitrogens with zero attached hydrogens (tertiary/aromatic N) is 1. The van der Waals surface area contributed by atoms with E-state index in [1.807, 2.05) is 12.1 Å². The Labute approximate surface area is 111 Å². The first-order chi connectivity index (χ1) is 9.39. The van der Waals surface area contributed by atoms with Gasteiger partial charge in [-0.15, -0.1) is 0 Å². The van der Waals surface area contributed by atoms with Crippen LogP contribution in [-0.2, 0) is 4.79 Å². The van der Waals surface area contributed by atoms with E-state index < -0.39 is 12.1 Å². The number of H-pyrrole nitrogens is 1. The van der Waals surface area contributed by atoms with Crippen molar-refractivity contribution in [1.82, 2.24) is 15.5 Å². The number of aliphatic carboxylic acids is 1. The number of hydrogen-bond acceptors (Lipinski definition) is 3. The molecule has 0 radical (unpaired) electrons. The largest absolute Gasteiger partial charge is 0.490 e. The van der Waals surface area contributed by atoms with Crippen LogP contribution in [0.2, 0.25) is 0 Å². The molecule has 1 saturated heterocycles. The Hall–Kier alpha value is -2.09. The second-order valence-corrected chi connectivity index (χ2v) is 4.31. The van der Waals surface area contributed by atoms with E-state index in [2.05, 4.69) is 27.6 Å². The number of carboxylic acid groups (broad SMARTS) is 1. The highest BCUT2D eigenvalue weighted by Crippen LogP contribution is 2.25. The number of para-hydroxylation sites is 1. The summed E-state index contributed by atoms with van der Waals surface area (Å²) in [5, 5.41) is 19.1. The average molecular weight is 287 g/mol. The molecule has 20 heavy (non-hydrogen) atoms. The van der Waals surface area contributed by atoms with Gasteiger partial charge >= 0.3 is 12.1 Å². The van der Waals surface area contributed by atoms with Gasteiger partial charge in [-0.3, -0.25) is 5.10 Å². The highest BCUT2D eigenvalue weighted by Gasteiger charge is 2.38. The van der Waals surface area contributed by atoms with E-state index in [0.29, 0.717) is 5.92 Å². The van der Waals surface area contributed by atoms with Crippen LogP contribution in [-0.4, -0.2) is 40.5 Å². The lowest BCUT2D eigenvalue weighted by atomic mass is 9.97. The van der Waals surface area contributed by atoms with E-state index in [0.717, 1.165) is 18.6 Å². The third kappa shape index (κ3) is 3.08. The van der Waals surface area contributed by atoms with Crippen LogP contribution in [0.4, 0.5) is 13.2 Å². The SMILES string of the molecule is O=C(O)C(F)(F)F.c1ccc2c(C3CNC3)[nH]nc2c1. The smallest absolute Gasteiger partial charge is 0.475 e. The van der Waals surface area contributed by atoms with Gasteiger partial charge < -0.3 is 10.4 Å². The number of benzene rings is 1. The summed E-state index contributed by atoms with van der Waals surface area (Å²) in [5.41, 5.74) is 2.36. The molecule has 1 fully saturated rings. The van der Waals surface area contributed by atoms with Crippen LogP contribution in [0.1, 0.15) is 11.6 Å². The van der Waals surface area contributed by atoms with Crippen LogP contribution in [0.3, 0.4) is 0 Å². The Morgan fingerprint density at radius 3 is 2.40 bits per heavy atom. The second-order valence-electron chi connectivity index (χ2n) is 4.31. The van der Waals surface area contributed by atoms with Crippen molar-refractivity contribution in [2.24, 2.45) is 0 Å². The number of fused-ring (bicyclic) bond motifs is 1. The molecule has 0 spiro atoms. The Morgan fingerprint density at radius 1 is 1.30 bits per heavy atom. The predicted molar refractivity (Wildman–Crippen MR) is 65.4 cm³/mol. The van der Waals surface area contributed by atoms with Crippen molar-refractivity contribution < 1.29 is 23.1 Å². The van der Waals surface area contributed by atoms with Gasteiger partial charge in [0, 0.05) is 30.1 Å². The molecule has 2 heterocycles. The van der Waals surface area contributed by atoms with Gasteiger partial charge in [-0.1, -0.05) is 18.2 Å². The van der Waals surface area contributed by atoms with Crippen LogP contribution >= 0.6 is 0 Å². The molecular weight excluding hydrogens is 275 g/mol. The van der Waals surface area contributed by atoms with Crippen molar-refractivity contribution in [3.05, 3.63) is 30.0 Å². The van der Waals surface area contributed by atoms with Gasteiger partial charge in [0.15, 0.2) is 0 Å². The zero-order chi connectivity index (χ0) is 14.8. The van der Waals surface area contributed by atoms with E-state index in [4.69, 9.17) is 9.90 Å². The number of rotatable bonds is 1. The van der Waals surface area contributed by atoms with Gasteiger partial charge in [-0.2, -0.15) is 18.3 Å². The molecule has 1 aliphatic rings. The number of hydrogen-bond donors (Lipinski definition) is 3. The van der Waals surface area contributed by atoms with Gasteiger partial charge in [-0.05, 0) is 6.07 Å². The Bertz CT molecular complexity index is 605. The molecule has 5 nitrogen and oxygen atoms in total. The van der Waals surface area contributed by atoms with Crippen molar-refractivity contribution in [1.29, 1.82) is 0 Å². The third-order valence-corrected chi connectivity index (χ3v) is 2.92. The first kappa shape index (κ1) is 14.3. The second kappa shape index (κ2) is 5.49. The number of carbonyl (C=O) groups is 1. The third-order valence-electron chi connectivity index (χ3n) is 2.92. The van der Waals surface area contributed by atoms with Crippen LogP contribution in [0.25, 0.3) is 10.9 Å². The molecular formula is C12H12F3N3O2. The van der Waals surface area contributed by atoms with Crippen LogP contribution in [0, 0.1) is 0 Å². The van der Waals surface area contributed by atoms with Gasteiger partial charge in [0.2, 0.25) is 0 Å². The highest BCUT2D eigenvalue weighted by molar-refractivity contribution is 5.81. The summed E-state index contributed by atoms with van der Waals surface area (Å²) < 4.78 is 31.7. The first-order valence-electron chi connectivity index (χ1n) is 5.83. The summed E-state index contributed by atoms with van der Waals surface area (Å²) in [6.45, 7) is 2.15. The fourth-order valence-electron chi connectivity index (χ4n) is 1.78. The normalized spacial score (nSPS) is 15.3.